The van der Waals surface area contributed by atoms with E-state index in [9.17, 15) is 10.2 Å². The fourth-order valence-corrected chi connectivity index (χ4v) is 4.39. The van der Waals surface area contributed by atoms with Crippen molar-refractivity contribution in [3.05, 3.63) is 145 Å². The normalized spacial score (nSPS) is 11.4. The van der Waals surface area contributed by atoms with Gasteiger partial charge in [-0.3, -0.25) is 0 Å². The lowest BCUT2D eigenvalue weighted by Crippen LogP contribution is -2.27. The van der Waals surface area contributed by atoms with Crippen LogP contribution in [0.25, 0.3) is 33.4 Å². The summed E-state index contributed by atoms with van der Waals surface area (Å²) in [6.07, 6.45) is 0. The van der Waals surface area contributed by atoms with Gasteiger partial charge < -0.3 is 39.6 Å². The first kappa shape index (κ1) is 33.7. The van der Waals surface area contributed by atoms with Crippen LogP contribution in [0.4, 0.5) is 0 Å². The minimum absolute atomic E-state index is 0.425. The lowest BCUT2D eigenvalue weighted by molar-refractivity contribution is -0.131. The van der Waals surface area contributed by atoms with Crippen molar-refractivity contribution in [2.45, 2.75) is 5.79 Å². The van der Waals surface area contributed by atoms with Gasteiger partial charge in [-0.2, -0.15) is 0 Å². The molecule has 0 spiro atoms. The van der Waals surface area contributed by atoms with Crippen LogP contribution in [-0.2, 0) is 14.9 Å². The van der Waals surface area contributed by atoms with Crippen LogP contribution in [0, 0.1) is 0 Å². The summed E-state index contributed by atoms with van der Waals surface area (Å²) in [5, 5.41) is 23.0. The maximum absolute atomic E-state index is 11.5. The molecular weight excluding hydrogens is 594 g/mol. The van der Waals surface area contributed by atoms with Crippen LogP contribution in [0.2, 0.25) is 0 Å². The summed E-state index contributed by atoms with van der Waals surface area (Å²) in [6.45, 7) is 0. The molecule has 0 saturated heterocycles. The molecule has 5 rings (SSSR count). The minimum atomic E-state index is -4.64. The summed E-state index contributed by atoms with van der Waals surface area (Å²) >= 11 is 0. The molecule has 5 aromatic carbocycles. The van der Waals surface area contributed by atoms with Gasteiger partial charge in [0.2, 0.25) is 5.79 Å². The molecule has 0 unspecified atom stereocenters. The van der Waals surface area contributed by atoms with Gasteiger partial charge in [-0.15, -0.1) is 0 Å². The smallest absolute Gasteiger partial charge is 0.358 e. The van der Waals surface area contributed by atoms with Gasteiger partial charge in [0.25, 0.3) is 0 Å². The molecule has 43 heavy (non-hydrogen) atoms. The molecule has 224 valence electrons. The van der Waals surface area contributed by atoms with E-state index in [1.165, 1.54) is 0 Å². The Morgan fingerprint density at radius 1 is 0.419 bits per heavy atom. The zero-order chi connectivity index (χ0) is 31.7. The summed E-state index contributed by atoms with van der Waals surface area (Å²) in [4.78, 5) is 43.1. The average molecular weight is 625 g/mol. The molecule has 0 fully saturated rings. The zero-order valence-electron chi connectivity index (χ0n) is 22.5. The number of phosphoric acid groups is 2. The first-order valence-corrected chi connectivity index (χ1v) is 15.7. The van der Waals surface area contributed by atoms with Crippen molar-refractivity contribution < 1.29 is 48.7 Å². The van der Waals surface area contributed by atoms with Gasteiger partial charge in [0.05, 0.1) is 0 Å². The quantitative estimate of drug-likeness (QED) is 0.0972. The van der Waals surface area contributed by atoms with Crippen LogP contribution in [0.15, 0.2) is 133 Å². The molecule has 0 heterocycles. The molecular formula is C31H30O10P2. The fraction of sp³-hybridized carbons (Fsp3) is 0.0323. The van der Waals surface area contributed by atoms with Crippen LogP contribution in [0.1, 0.15) is 11.1 Å². The summed E-state index contributed by atoms with van der Waals surface area (Å²) in [5.41, 5.74) is 6.68. The topological polar surface area (TPSA) is 196 Å². The van der Waals surface area contributed by atoms with E-state index in [4.69, 9.17) is 38.5 Å². The Morgan fingerprint density at radius 2 is 0.744 bits per heavy atom. The second-order valence-electron chi connectivity index (χ2n) is 9.07. The molecule has 0 bridgehead atoms. The third-order valence-electron chi connectivity index (χ3n) is 5.97. The molecule has 0 aromatic heterocycles. The zero-order valence-corrected chi connectivity index (χ0v) is 24.3. The molecule has 0 aliphatic rings. The van der Waals surface area contributed by atoms with E-state index in [0.29, 0.717) is 11.1 Å². The Kier molecular flexibility index (Phi) is 11.5. The van der Waals surface area contributed by atoms with Crippen molar-refractivity contribution in [1.29, 1.82) is 0 Å². The third-order valence-corrected chi connectivity index (χ3v) is 5.97. The number of hydrogen-bond acceptors (Lipinski definition) is 4. The van der Waals surface area contributed by atoms with Gasteiger partial charge in [-0.1, -0.05) is 133 Å². The molecule has 8 N–H and O–H groups in total. The van der Waals surface area contributed by atoms with Crippen LogP contribution in [-0.4, -0.2) is 39.6 Å². The average Bonchev–Trinajstić information content (AvgIpc) is 2.96. The fourth-order valence-electron chi connectivity index (χ4n) is 4.39. The van der Waals surface area contributed by atoms with Crippen molar-refractivity contribution in [2.24, 2.45) is 0 Å². The third kappa shape index (κ3) is 10.5. The molecule has 0 amide bonds. The van der Waals surface area contributed by atoms with Gasteiger partial charge in [-0.05, 0) is 33.4 Å². The molecule has 5 aromatic rings. The van der Waals surface area contributed by atoms with Crippen molar-refractivity contribution in [1.82, 2.24) is 0 Å². The first-order valence-electron chi connectivity index (χ1n) is 12.6. The number of aliphatic hydroxyl groups is 2. The van der Waals surface area contributed by atoms with Crippen LogP contribution < -0.4 is 0 Å². The van der Waals surface area contributed by atoms with E-state index in [-0.39, 0.29) is 0 Å². The maximum Gasteiger partial charge on any atom is 0.466 e. The maximum atomic E-state index is 11.5. The monoisotopic (exact) mass is 624 g/mol. The van der Waals surface area contributed by atoms with E-state index in [1.54, 1.807) is 12.1 Å². The second kappa shape index (κ2) is 14.6. The minimum Gasteiger partial charge on any atom is -0.358 e. The molecule has 10 nitrogen and oxygen atoms in total. The SMILES string of the molecule is O=P(O)(O)O.O=P(O)(O)O.OC(O)(c1ccccc1)c1ccc(-c2ccccc2)c(-c2ccccc2)c1-c1ccccc1. The van der Waals surface area contributed by atoms with E-state index in [2.05, 4.69) is 24.3 Å². The van der Waals surface area contributed by atoms with Crippen molar-refractivity contribution in [3.8, 4) is 33.4 Å². The standard InChI is InChI=1S/C31H24O2.2H3O4P/c32-31(33,26-19-11-4-12-20-26)28-22-21-27(23-13-5-1-6-14-23)29(24-15-7-2-8-16-24)30(28)25-17-9-3-10-18-25;2*1-5(2,3)4/h1-22,32-33H;2*(H3,1,2,3,4). The molecule has 0 saturated carbocycles. The highest BCUT2D eigenvalue weighted by Gasteiger charge is 2.33. The van der Waals surface area contributed by atoms with E-state index in [0.717, 1.165) is 33.4 Å². The Hall–Kier alpha value is -3.76. The van der Waals surface area contributed by atoms with Crippen molar-refractivity contribution in [3.63, 3.8) is 0 Å². The highest BCUT2D eigenvalue weighted by molar-refractivity contribution is 7.45. The van der Waals surface area contributed by atoms with E-state index >= 15 is 0 Å². The van der Waals surface area contributed by atoms with Gasteiger partial charge in [-0.25, -0.2) is 9.13 Å². The Balaban J connectivity index is 0.000000440. The predicted octanol–water partition coefficient (Wildman–Crippen LogP) is 5.02. The Morgan fingerprint density at radius 3 is 1.14 bits per heavy atom. The van der Waals surface area contributed by atoms with Gasteiger partial charge in [0, 0.05) is 11.1 Å². The molecule has 0 radical (unpaired) electrons. The number of benzene rings is 5. The van der Waals surface area contributed by atoms with Crippen LogP contribution >= 0.6 is 15.6 Å². The number of hydrogen-bond donors (Lipinski definition) is 8. The lowest BCUT2D eigenvalue weighted by atomic mass is 9.81. The van der Waals surface area contributed by atoms with Crippen LogP contribution in [0.5, 0.6) is 0 Å². The summed E-state index contributed by atoms with van der Waals surface area (Å²) < 4.78 is 17.8. The van der Waals surface area contributed by atoms with E-state index < -0.39 is 21.4 Å². The van der Waals surface area contributed by atoms with Gasteiger partial charge in [0.1, 0.15) is 0 Å². The van der Waals surface area contributed by atoms with Crippen LogP contribution in [0.3, 0.4) is 0 Å². The molecule has 12 heteroatoms. The highest BCUT2D eigenvalue weighted by Crippen LogP contribution is 2.45. The van der Waals surface area contributed by atoms with Crippen molar-refractivity contribution >= 4 is 15.6 Å². The predicted molar refractivity (Wildman–Crippen MR) is 163 cm³/mol. The van der Waals surface area contributed by atoms with E-state index in [1.807, 2.05) is 97.1 Å². The summed E-state index contributed by atoms with van der Waals surface area (Å²) in [6, 6.07) is 43.1. The molecule has 0 aliphatic carbocycles. The molecule has 0 aliphatic heterocycles. The summed E-state index contributed by atoms with van der Waals surface area (Å²) in [7, 11) is -9.28. The Bertz CT molecular complexity index is 1650. The summed E-state index contributed by atoms with van der Waals surface area (Å²) in [5.74, 6) is -2.16. The first-order chi connectivity index (χ1) is 20.2. The Labute approximate surface area is 247 Å². The van der Waals surface area contributed by atoms with Gasteiger partial charge in [0.15, 0.2) is 0 Å². The highest BCUT2D eigenvalue weighted by atomic mass is 31.2. The lowest BCUT2D eigenvalue weighted by Gasteiger charge is -2.28. The second-order valence-corrected chi connectivity index (χ2v) is 11.1. The van der Waals surface area contributed by atoms with Crippen molar-refractivity contribution in [2.75, 3.05) is 0 Å². The number of rotatable bonds is 5. The molecule has 0 atom stereocenters. The van der Waals surface area contributed by atoms with Gasteiger partial charge >= 0.3 is 15.6 Å². The largest absolute Gasteiger partial charge is 0.466 e.